The maximum atomic E-state index is 10.8. The zero-order chi connectivity index (χ0) is 14.8. The van der Waals surface area contributed by atoms with Crippen molar-refractivity contribution in [2.75, 3.05) is 0 Å². The Morgan fingerprint density at radius 3 is 2.45 bits per heavy atom. The minimum absolute atomic E-state index is 0.0463. The van der Waals surface area contributed by atoms with E-state index in [2.05, 4.69) is 21.0 Å². The number of ether oxygens (including phenoxy) is 1. The van der Waals surface area contributed by atoms with Crippen LogP contribution in [0.3, 0.4) is 0 Å². The average molecular weight is 306 g/mol. The quantitative estimate of drug-likeness (QED) is 0.476. The van der Waals surface area contributed by atoms with Crippen molar-refractivity contribution in [3.05, 3.63) is 16.5 Å². The van der Waals surface area contributed by atoms with Crippen LogP contribution in [0.1, 0.15) is 70.3 Å². The van der Waals surface area contributed by atoms with Gasteiger partial charge in [-0.3, -0.25) is 4.52 Å². The molecule has 1 aromatic rings. The third kappa shape index (κ3) is 6.75. The lowest BCUT2D eigenvalue weighted by Gasteiger charge is -2.11. The van der Waals surface area contributed by atoms with Gasteiger partial charge >= 0.3 is 11.3 Å². The Hall–Kier alpha value is -1.30. The Morgan fingerprint density at radius 1 is 1.25 bits per heavy atom. The normalized spacial score (nSPS) is 12.3. The van der Waals surface area contributed by atoms with Crippen LogP contribution >= 0.6 is 11.6 Å². The summed E-state index contributed by atoms with van der Waals surface area (Å²) >= 11 is 5.19. The molecule has 0 spiro atoms. The van der Waals surface area contributed by atoms with Crippen LogP contribution in [0.4, 0.5) is 4.79 Å². The fraction of sp³-hybridized carbons (Fsp3) is 0.769. The lowest BCUT2D eigenvalue weighted by Crippen LogP contribution is -2.07. The van der Waals surface area contributed by atoms with Crippen LogP contribution in [-0.2, 0) is 4.74 Å². The van der Waals surface area contributed by atoms with Crippen molar-refractivity contribution in [1.82, 2.24) is 5.16 Å². The Bertz CT molecular complexity index is 442. The number of hydrogen-bond donors (Lipinski definition) is 0. The summed E-state index contributed by atoms with van der Waals surface area (Å²) in [6, 6.07) is 0. The SMILES string of the molecule is CCCCCCCCCC(OC(=O)Cl)c1noc(=O)o1. The summed E-state index contributed by atoms with van der Waals surface area (Å²) in [6.45, 7) is 2.18. The van der Waals surface area contributed by atoms with E-state index in [1.54, 1.807) is 0 Å². The van der Waals surface area contributed by atoms with E-state index in [0.29, 0.717) is 6.42 Å². The van der Waals surface area contributed by atoms with Gasteiger partial charge in [0.25, 0.3) is 5.89 Å². The molecule has 0 bridgehead atoms. The standard InChI is InChI=1S/C13H20ClNO5/c1-2-3-4-5-6-7-8-9-10(18-12(14)16)11-15-20-13(17)19-11/h10H,2-9H2,1H3. The highest BCUT2D eigenvalue weighted by Gasteiger charge is 2.22. The molecule has 114 valence electrons. The van der Waals surface area contributed by atoms with Crippen molar-refractivity contribution in [3.63, 3.8) is 0 Å². The molecule has 1 atom stereocenters. The lowest BCUT2D eigenvalue weighted by atomic mass is 10.1. The summed E-state index contributed by atoms with van der Waals surface area (Å²) in [7, 11) is 0. The molecule has 6 nitrogen and oxygen atoms in total. The lowest BCUT2D eigenvalue weighted by molar-refractivity contribution is 0.0935. The highest BCUT2D eigenvalue weighted by atomic mass is 35.5. The van der Waals surface area contributed by atoms with Crippen molar-refractivity contribution in [1.29, 1.82) is 0 Å². The van der Waals surface area contributed by atoms with Gasteiger partial charge in [-0.25, -0.2) is 9.59 Å². The molecule has 0 N–H and O–H groups in total. The largest absolute Gasteiger partial charge is 0.542 e. The second-order valence-corrected chi connectivity index (χ2v) is 4.94. The molecule has 0 fully saturated rings. The van der Waals surface area contributed by atoms with Crippen LogP contribution in [-0.4, -0.2) is 10.6 Å². The third-order valence-corrected chi connectivity index (χ3v) is 3.07. The van der Waals surface area contributed by atoms with Crippen LogP contribution in [0.25, 0.3) is 0 Å². The number of aromatic nitrogens is 1. The highest BCUT2D eigenvalue weighted by molar-refractivity contribution is 6.61. The van der Waals surface area contributed by atoms with Crippen molar-refractivity contribution in [2.45, 2.75) is 64.4 Å². The van der Waals surface area contributed by atoms with Crippen LogP contribution in [0, 0.1) is 0 Å². The summed E-state index contributed by atoms with van der Waals surface area (Å²) in [5.74, 6) is -0.967. The van der Waals surface area contributed by atoms with Gasteiger partial charge in [-0.1, -0.05) is 45.4 Å². The zero-order valence-corrected chi connectivity index (χ0v) is 12.4. The molecule has 20 heavy (non-hydrogen) atoms. The van der Waals surface area contributed by atoms with E-state index in [-0.39, 0.29) is 5.89 Å². The molecule has 0 aliphatic rings. The molecule has 0 aliphatic heterocycles. The van der Waals surface area contributed by atoms with E-state index < -0.39 is 17.4 Å². The predicted molar refractivity (Wildman–Crippen MR) is 72.7 cm³/mol. The van der Waals surface area contributed by atoms with Gasteiger partial charge in [-0.15, -0.1) is 0 Å². The summed E-state index contributed by atoms with van der Waals surface area (Å²) in [5, 5.41) is 3.42. The number of unbranched alkanes of at least 4 members (excludes halogenated alkanes) is 6. The number of halogens is 1. The van der Waals surface area contributed by atoms with Gasteiger partial charge in [0.2, 0.25) is 0 Å². The van der Waals surface area contributed by atoms with Crippen molar-refractivity contribution < 1.29 is 18.5 Å². The zero-order valence-electron chi connectivity index (χ0n) is 11.6. The Kier molecular flexibility index (Phi) is 8.02. The molecule has 0 saturated heterocycles. The summed E-state index contributed by atoms with van der Waals surface area (Å²) in [4.78, 5) is 21.6. The number of carbonyl (C=O) groups excluding carboxylic acids is 1. The monoisotopic (exact) mass is 305 g/mol. The number of hydrogen-bond acceptors (Lipinski definition) is 6. The average Bonchev–Trinajstić information content (AvgIpc) is 2.82. The fourth-order valence-corrected chi connectivity index (χ4v) is 2.07. The Labute approximate surface area is 122 Å². The van der Waals surface area contributed by atoms with Gasteiger partial charge in [0, 0.05) is 11.6 Å². The smallest absolute Gasteiger partial charge is 0.440 e. The van der Waals surface area contributed by atoms with E-state index in [4.69, 9.17) is 16.3 Å². The Balaban J connectivity index is 2.31. The van der Waals surface area contributed by atoms with Gasteiger partial charge in [0.15, 0.2) is 6.10 Å². The first kappa shape index (κ1) is 16.8. The van der Waals surface area contributed by atoms with E-state index in [1.807, 2.05) is 0 Å². The summed E-state index contributed by atoms with van der Waals surface area (Å²) < 4.78 is 13.8. The minimum atomic E-state index is -0.955. The number of nitrogens with zero attached hydrogens (tertiary/aromatic N) is 1. The molecule has 0 saturated carbocycles. The van der Waals surface area contributed by atoms with Gasteiger partial charge in [0.1, 0.15) is 0 Å². The van der Waals surface area contributed by atoms with Crippen LogP contribution in [0.5, 0.6) is 0 Å². The highest BCUT2D eigenvalue weighted by Crippen LogP contribution is 2.23. The Morgan fingerprint density at radius 2 is 1.90 bits per heavy atom. The molecule has 1 heterocycles. The molecule has 1 aromatic heterocycles. The molecule has 1 rings (SSSR count). The van der Waals surface area contributed by atoms with Crippen LogP contribution < -0.4 is 5.82 Å². The maximum absolute atomic E-state index is 10.8. The summed E-state index contributed by atoms with van der Waals surface area (Å²) in [6.07, 6.45) is 7.64. The first-order valence-electron chi connectivity index (χ1n) is 6.96. The topological polar surface area (TPSA) is 82.5 Å². The predicted octanol–water partition coefficient (Wildman–Crippen LogP) is 4.19. The van der Waals surface area contributed by atoms with E-state index in [9.17, 15) is 9.59 Å². The van der Waals surface area contributed by atoms with Crippen LogP contribution in [0.2, 0.25) is 0 Å². The molecular formula is C13H20ClNO5. The third-order valence-electron chi connectivity index (χ3n) is 2.98. The van der Waals surface area contributed by atoms with Gasteiger partial charge in [-0.05, 0) is 18.0 Å². The molecule has 0 amide bonds. The number of rotatable bonds is 10. The molecule has 7 heteroatoms. The van der Waals surface area contributed by atoms with E-state index >= 15 is 0 Å². The van der Waals surface area contributed by atoms with Crippen molar-refractivity contribution in [3.8, 4) is 0 Å². The second kappa shape index (κ2) is 9.58. The first-order chi connectivity index (χ1) is 9.63. The molecule has 0 radical (unpaired) electrons. The van der Waals surface area contributed by atoms with Crippen molar-refractivity contribution >= 4 is 17.0 Å². The van der Waals surface area contributed by atoms with E-state index in [0.717, 1.165) is 19.3 Å². The van der Waals surface area contributed by atoms with Crippen LogP contribution in [0.15, 0.2) is 13.7 Å². The second-order valence-electron chi connectivity index (χ2n) is 4.63. The molecule has 0 aromatic carbocycles. The minimum Gasteiger partial charge on any atom is -0.440 e. The molecular weight excluding hydrogens is 286 g/mol. The molecule has 1 unspecified atom stereocenters. The first-order valence-corrected chi connectivity index (χ1v) is 7.34. The summed E-state index contributed by atoms with van der Waals surface area (Å²) in [5.41, 5.74) is -0.955. The van der Waals surface area contributed by atoms with Gasteiger partial charge in [-0.2, -0.15) is 0 Å². The number of carbonyl (C=O) groups is 1. The van der Waals surface area contributed by atoms with Gasteiger partial charge in [0.05, 0.1) is 0 Å². The maximum Gasteiger partial charge on any atom is 0.542 e. The van der Waals surface area contributed by atoms with E-state index in [1.165, 1.54) is 25.7 Å². The molecule has 0 aliphatic carbocycles. The van der Waals surface area contributed by atoms with Crippen molar-refractivity contribution in [2.24, 2.45) is 0 Å². The fourth-order valence-electron chi connectivity index (χ4n) is 1.96. The van der Waals surface area contributed by atoms with Gasteiger partial charge < -0.3 is 9.15 Å².